The molecule has 0 fully saturated rings. The summed E-state index contributed by atoms with van der Waals surface area (Å²) in [5.74, 6) is -0.858. The lowest BCUT2D eigenvalue weighted by Gasteiger charge is -2.11. The number of anilines is 1. The van der Waals surface area contributed by atoms with Gasteiger partial charge in [-0.3, -0.25) is 4.79 Å². The van der Waals surface area contributed by atoms with E-state index < -0.39 is 17.6 Å². The van der Waals surface area contributed by atoms with Crippen molar-refractivity contribution in [3.63, 3.8) is 0 Å². The summed E-state index contributed by atoms with van der Waals surface area (Å²) >= 11 is 5.97. The molecule has 4 rings (SSSR count). The summed E-state index contributed by atoms with van der Waals surface area (Å²) in [6.07, 6.45) is -1.35. The maximum Gasteiger partial charge on any atom is 0.416 e. The van der Waals surface area contributed by atoms with Gasteiger partial charge in [-0.1, -0.05) is 60.1 Å². The zero-order chi connectivity index (χ0) is 24.3. The van der Waals surface area contributed by atoms with E-state index in [-0.39, 0.29) is 16.3 Å². The Morgan fingerprint density at radius 1 is 1.06 bits per heavy atom. The highest BCUT2D eigenvalue weighted by atomic mass is 35.5. The number of nitriles is 1. The largest absolute Gasteiger partial charge is 0.416 e. The number of hydrogen-bond donors (Lipinski definition) is 1. The zero-order valence-corrected chi connectivity index (χ0v) is 18.4. The number of carbonyl (C=O) groups excluding carboxylic acids is 1. The number of fused-ring (bicyclic) bond motifs is 1. The molecule has 34 heavy (non-hydrogen) atoms. The van der Waals surface area contributed by atoms with Gasteiger partial charge in [0.2, 0.25) is 0 Å². The van der Waals surface area contributed by atoms with E-state index in [1.54, 1.807) is 0 Å². The fraction of sp³-hybridized carbons (Fsp3) is 0.0769. The fourth-order valence-corrected chi connectivity index (χ4v) is 3.76. The van der Waals surface area contributed by atoms with Crippen molar-refractivity contribution in [1.29, 1.82) is 5.26 Å². The summed E-state index contributed by atoms with van der Waals surface area (Å²) < 4.78 is 41.1. The van der Waals surface area contributed by atoms with E-state index in [1.807, 2.05) is 71.4 Å². The number of para-hydroxylation sites is 1. The molecule has 0 radical (unpaired) electrons. The molecule has 4 nitrogen and oxygen atoms in total. The van der Waals surface area contributed by atoms with Crippen LogP contribution in [0.5, 0.6) is 0 Å². The SMILES string of the molecule is N#CC(=Cc1cn(Cc2ccccc2)c2ccccc12)C(=O)Nc1cc(C(F)(F)F)ccc1Cl. The van der Waals surface area contributed by atoms with Crippen molar-refractivity contribution < 1.29 is 18.0 Å². The van der Waals surface area contributed by atoms with Gasteiger partial charge in [0.05, 0.1) is 16.3 Å². The minimum atomic E-state index is -4.60. The van der Waals surface area contributed by atoms with Gasteiger partial charge in [0, 0.05) is 29.2 Å². The molecule has 1 aromatic heterocycles. The summed E-state index contributed by atoms with van der Waals surface area (Å²) in [6.45, 7) is 0.586. The van der Waals surface area contributed by atoms with Crippen LogP contribution in [0.3, 0.4) is 0 Å². The molecular formula is C26H17ClF3N3O. The van der Waals surface area contributed by atoms with Crippen LogP contribution in [-0.2, 0) is 17.5 Å². The first kappa shape index (κ1) is 23.1. The van der Waals surface area contributed by atoms with Crippen molar-refractivity contribution in [3.05, 3.63) is 106 Å². The Morgan fingerprint density at radius 3 is 2.47 bits per heavy atom. The smallest absolute Gasteiger partial charge is 0.342 e. The molecule has 3 aromatic carbocycles. The Balaban J connectivity index is 1.67. The van der Waals surface area contributed by atoms with E-state index in [0.717, 1.165) is 34.7 Å². The maximum atomic E-state index is 13.0. The molecule has 0 atom stereocenters. The number of amides is 1. The molecular weight excluding hydrogens is 463 g/mol. The lowest BCUT2D eigenvalue weighted by Crippen LogP contribution is -2.15. The Kier molecular flexibility index (Phi) is 6.44. The molecule has 0 spiro atoms. The number of nitrogens with zero attached hydrogens (tertiary/aromatic N) is 2. The predicted octanol–water partition coefficient (Wildman–Crippen LogP) is 6.91. The number of nitrogens with one attached hydrogen (secondary N) is 1. The normalized spacial score (nSPS) is 11.9. The Labute approximate surface area is 198 Å². The Morgan fingerprint density at radius 2 is 1.76 bits per heavy atom. The molecule has 0 aliphatic carbocycles. The van der Waals surface area contributed by atoms with Gasteiger partial charge in [-0.15, -0.1) is 0 Å². The van der Waals surface area contributed by atoms with E-state index in [9.17, 15) is 23.2 Å². The maximum absolute atomic E-state index is 13.0. The van der Waals surface area contributed by atoms with E-state index in [1.165, 1.54) is 6.08 Å². The molecule has 1 N–H and O–H groups in total. The number of halogens is 4. The van der Waals surface area contributed by atoms with E-state index in [4.69, 9.17) is 11.6 Å². The quantitative estimate of drug-likeness (QED) is 0.250. The Hall–Kier alpha value is -4.02. The first-order valence-electron chi connectivity index (χ1n) is 10.2. The highest BCUT2D eigenvalue weighted by Gasteiger charge is 2.31. The number of aromatic nitrogens is 1. The van der Waals surface area contributed by atoms with Gasteiger partial charge >= 0.3 is 6.18 Å². The third kappa shape index (κ3) is 4.98. The van der Waals surface area contributed by atoms with E-state index in [0.29, 0.717) is 12.1 Å². The van der Waals surface area contributed by atoms with Crippen LogP contribution in [0.1, 0.15) is 16.7 Å². The summed E-state index contributed by atoms with van der Waals surface area (Å²) in [6, 6.07) is 21.8. The highest BCUT2D eigenvalue weighted by Crippen LogP contribution is 2.34. The molecule has 0 unspecified atom stereocenters. The Bertz CT molecular complexity index is 1430. The van der Waals surface area contributed by atoms with Gasteiger partial charge < -0.3 is 9.88 Å². The second-order valence-electron chi connectivity index (χ2n) is 7.53. The molecule has 170 valence electrons. The van der Waals surface area contributed by atoms with Gasteiger partial charge in [0.15, 0.2) is 0 Å². The van der Waals surface area contributed by atoms with Crippen molar-refractivity contribution in [2.45, 2.75) is 12.7 Å². The molecule has 4 aromatic rings. The molecule has 0 aliphatic heterocycles. The van der Waals surface area contributed by atoms with E-state index >= 15 is 0 Å². The summed E-state index contributed by atoms with van der Waals surface area (Å²) in [5.41, 5.74) is 1.17. The lowest BCUT2D eigenvalue weighted by molar-refractivity contribution is -0.137. The summed E-state index contributed by atoms with van der Waals surface area (Å²) in [4.78, 5) is 12.7. The van der Waals surface area contributed by atoms with E-state index in [2.05, 4.69) is 5.32 Å². The average molecular weight is 480 g/mol. The third-order valence-electron chi connectivity index (χ3n) is 5.22. The van der Waals surface area contributed by atoms with Crippen LogP contribution < -0.4 is 5.32 Å². The fourth-order valence-electron chi connectivity index (χ4n) is 3.59. The highest BCUT2D eigenvalue weighted by molar-refractivity contribution is 6.34. The van der Waals surface area contributed by atoms with Crippen LogP contribution in [0.25, 0.3) is 17.0 Å². The monoisotopic (exact) mass is 479 g/mol. The standard InChI is InChI=1S/C26H17ClF3N3O/c27-22-11-10-20(26(28,29)30)13-23(22)32-25(34)18(14-31)12-19-16-33(15-17-6-2-1-3-7-17)24-9-5-4-8-21(19)24/h1-13,16H,15H2,(H,32,34). The number of alkyl halides is 3. The lowest BCUT2D eigenvalue weighted by atomic mass is 10.1. The van der Waals surface area contributed by atoms with Gasteiger partial charge in [-0.2, -0.15) is 18.4 Å². The summed E-state index contributed by atoms with van der Waals surface area (Å²) in [5, 5.41) is 12.7. The summed E-state index contributed by atoms with van der Waals surface area (Å²) in [7, 11) is 0. The van der Waals surface area contributed by atoms with Crippen LogP contribution in [0.15, 0.2) is 84.6 Å². The number of hydrogen-bond acceptors (Lipinski definition) is 2. The zero-order valence-electron chi connectivity index (χ0n) is 17.6. The van der Waals surface area contributed by atoms with Gasteiger partial charge in [-0.05, 0) is 35.9 Å². The van der Waals surface area contributed by atoms with Crippen molar-refractivity contribution in [2.75, 3.05) is 5.32 Å². The van der Waals surface area contributed by atoms with Gasteiger partial charge in [0.1, 0.15) is 11.6 Å². The van der Waals surface area contributed by atoms with Gasteiger partial charge in [0.25, 0.3) is 5.91 Å². The second-order valence-corrected chi connectivity index (χ2v) is 7.94. The van der Waals surface area contributed by atoms with Crippen molar-refractivity contribution in [2.24, 2.45) is 0 Å². The van der Waals surface area contributed by atoms with Crippen LogP contribution >= 0.6 is 11.6 Å². The molecule has 1 amide bonds. The minimum Gasteiger partial charge on any atom is -0.342 e. The van der Waals surface area contributed by atoms with Crippen molar-refractivity contribution >= 4 is 40.2 Å². The van der Waals surface area contributed by atoms with Crippen LogP contribution in [0.4, 0.5) is 18.9 Å². The minimum absolute atomic E-state index is 0.0712. The average Bonchev–Trinajstić information content (AvgIpc) is 3.16. The van der Waals surface area contributed by atoms with Crippen LogP contribution in [0.2, 0.25) is 5.02 Å². The van der Waals surface area contributed by atoms with Crippen molar-refractivity contribution in [3.8, 4) is 6.07 Å². The van der Waals surface area contributed by atoms with Gasteiger partial charge in [-0.25, -0.2) is 0 Å². The molecule has 0 saturated carbocycles. The molecule has 8 heteroatoms. The third-order valence-corrected chi connectivity index (χ3v) is 5.55. The topological polar surface area (TPSA) is 57.8 Å². The molecule has 1 heterocycles. The second kappa shape index (κ2) is 9.46. The van der Waals surface area contributed by atoms with Crippen molar-refractivity contribution in [1.82, 2.24) is 4.57 Å². The first-order valence-corrected chi connectivity index (χ1v) is 10.6. The molecule has 0 aliphatic rings. The first-order chi connectivity index (χ1) is 16.3. The number of benzene rings is 3. The predicted molar refractivity (Wildman–Crippen MR) is 126 cm³/mol. The van der Waals surface area contributed by atoms with Crippen LogP contribution in [0, 0.1) is 11.3 Å². The molecule has 0 bridgehead atoms. The number of carbonyl (C=O) groups is 1. The van der Waals surface area contributed by atoms with Crippen LogP contribution in [-0.4, -0.2) is 10.5 Å². The molecule has 0 saturated heterocycles. The number of rotatable bonds is 5.